The number of carbonyl (C=O) groups is 1. The number of ether oxygens (including phenoxy) is 2. The number of hydrogen-bond donors (Lipinski definition) is 1. The lowest BCUT2D eigenvalue weighted by molar-refractivity contribution is 0.0340. The summed E-state index contributed by atoms with van der Waals surface area (Å²) in [4.78, 5) is 15.5. The van der Waals surface area contributed by atoms with Gasteiger partial charge in [0.15, 0.2) is 5.76 Å². The first kappa shape index (κ1) is 21.2. The summed E-state index contributed by atoms with van der Waals surface area (Å²) in [5.41, 5.74) is 2.96. The van der Waals surface area contributed by atoms with Crippen LogP contribution >= 0.6 is 0 Å². The molecule has 1 atom stereocenters. The largest absolute Gasteiger partial charge is 0.497 e. The maximum Gasteiger partial charge on any atom is 0.287 e. The average molecular weight is 421 g/mol. The van der Waals surface area contributed by atoms with Crippen LogP contribution in [-0.4, -0.2) is 44.2 Å². The highest BCUT2D eigenvalue weighted by Crippen LogP contribution is 2.26. The van der Waals surface area contributed by atoms with Gasteiger partial charge in [0.2, 0.25) is 0 Å². The summed E-state index contributed by atoms with van der Waals surface area (Å²) >= 11 is 0. The molecule has 162 valence electrons. The van der Waals surface area contributed by atoms with Crippen molar-refractivity contribution in [3.8, 4) is 5.75 Å². The summed E-state index contributed by atoms with van der Waals surface area (Å²) in [5, 5.41) is 3.14. The fourth-order valence-electron chi connectivity index (χ4n) is 3.82. The van der Waals surface area contributed by atoms with Crippen LogP contribution in [-0.2, 0) is 11.3 Å². The van der Waals surface area contributed by atoms with Gasteiger partial charge in [0.05, 0.1) is 26.4 Å². The second-order valence-corrected chi connectivity index (χ2v) is 7.67. The van der Waals surface area contributed by atoms with Crippen molar-refractivity contribution in [2.75, 3.05) is 33.4 Å². The third kappa shape index (κ3) is 5.16. The molecule has 1 aromatic heterocycles. The van der Waals surface area contributed by atoms with E-state index in [2.05, 4.69) is 10.2 Å². The van der Waals surface area contributed by atoms with Crippen LogP contribution in [0.25, 0.3) is 0 Å². The van der Waals surface area contributed by atoms with Crippen LogP contribution < -0.4 is 10.1 Å². The summed E-state index contributed by atoms with van der Waals surface area (Å²) in [6, 6.07) is 19.2. The molecule has 0 aliphatic carbocycles. The number of nitrogens with zero attached hydrogens (tertiary/aromatic N) is 1. The van der Waals surface area contributed by atoms with Crippen molar-refractivity contribution in [2.45, 2.75) is 19.5 Å². The van der Waals surface area contributed by atoms with Crippen LogP contribution in [0.5, 0.6) is 5.75 Å². The molecule has 1 saturated heterocycles. The molecule has 4 rings (SSSR count). The molecular formula is C25H28N2O4. The minimum Gasteiger partial charge on any atom is -0.497 e. The Kier molecular flexibility index (Phi) is 6.70. The maximum absolute atomic E-state index is 13.1. The molecule has 1 amide bonds. The van der Waals surface area contributed by atoms with E-state index in [0.29, 0.717) is 5.76 Å². The van der Waals surface area contributed by atoms with Gasteiger partial charge >= 0.3 is 0 Å². The minimum atomic E-state index is -0.322. The van der Waals surface area contributed by atoms with Gasteiger partial charge in [-0.15, -0.1) is 0 Å². The molecule has 0 radical (unpaired) electrons. The highest BCUT2D eigenvalue weighted by molar-refractivity contribution is 5.92. The molecular weight excluding hydrogens is 392 g/mol. The fourth-order valence-corrected chi connectivity index (χ4v) is 3.82. The number of furan rings is 1. The van der Waals surface area contributed by atoms with Crippen LogP contribution in [0.2, 0.25) is 0 Å². The minimum absolute atomic E-state index is 0.243. The number of nitrogens with one attached hydrogen (secondary N) is 1. The van der Waals surface area contributed by atoms with E-state index in [9.17, 15) is 4.79 Å². The molecule has 0 spiro atoms. The number of methoxy groups -OCH3 is 1. The lowest BCUT2D eigenvalue weighted by atomic mass is 9.98. The zero-order chi connectivity index (χ0) is 21.6. The Morgan fingerprint density at radius 2 is 1.81 bits per heavy atom. The smallest absolute Gasteiger partial charge is 0.287 e. The molecule has 2 heterocycles. The van der Waals surface area contributed by atoms with Crippen molar-refractivity contribution in [1.29, 1.82) is 0 Å². The molecule has 1 N–H and O–H groups in total. The topological polar surface area (TPSA) is 63.9 Å². The van der Waals surface area contributed by atoms with Gasteiger partial charge in [0.25, 0.3) is 5.91 Å². The Labute approximate surface area is 182 Å². The van der Waals surface area contributed by atoms with Gasteiger partial charge in [-0.3, -0.25) is 9.69 Å². The second-order valence-electron chi connectivity index (χ2n) is 7.67. The van der Waals surface area contributed by atoms with Gasteiger partial charge in [0, 0.05) is 25.2 Å². The Hall–Kier alpha value is -3.09. The zero-order valence-electron chi connectivity index (χ0n) is 18.0. The van der Waals surface area contributed by atoms with E-state index >= 15 is 0 Å². The predicted octanol–water partition coefficient (Wildman–Crippen LogP) is 3.95. The van der Waals surface area contributed by atoms with Crippen molar-refractivity contribution in [1.82, 2.24) is 10.2 Å². The van der Waals surface area contributed by atoms with Crippen LogP contribution in [0.1, 0.15) is 39.0 Å². The molecule has 6 nitrogen and oxygen atoms in total. The highest BCUT2D eigenvalue weighted by atomic mass is 16.5. The molecule has 1 fully saturated rings. The Morgan fingerprint density at radius 3 is 2.55 bits per heavy atom. The van der Waals surface area contributed by atoms with E-state index in [1.807, 2.05) is 67.6 Å². The van der Waals surface area contributed by atoms with Gasteiger partial charge in [-0.25, -0.2) is 0 Å². The van der Waals surface area contributed by atoms with Crippen molar-refractivity contribution >= 4 is 5.91 Å². The van der Waals surface area contributed by atoms with Gasteiger partial charge < -0.3 is 19.2 Å². The maximum atomic E-state index is 13.1. The van der Waals surface area contributed by atoms with E-state index in [-0.39, 0.29) is 11.9 Å². The van der Waals surface area contributed by atoms with Crippen LogP contribution in [0.3, 0.4) is 0 Å². The summed E-state index contributed by atoms with van der Waals surface area (Å²) in [7, 11) is 1.64. The zero-order valence-corrected chi connectivity index (χ0v) is 18.0. The molecule has 3 aromatic rings. The third-order valence-electron chi connectivity index (χ3n) is 5.58. The molecule has 0 saturated carbocycles. The number of amides is 1. The molecule has 1 aliphatic rings. The van der Waals surface area contributed by atoms with Crippen molar-refractivity contribution in [3.63, 3.8) is 0 Å². The molecule has 0 bridgehead atoms. The number of benzene rings is 2. The van der Waals surface area contributed by atoms with E-state index in [4.69, 9.17) is 13.9 Å². The lowest BCUT2D eigenvalue weighted by Crippen LogP contribution is -2.35. The fraction of sp³-hybridized carbons (Fsp3) is 0.320. The number of morpholine rings is 1. The number of hydrogen-bond acceptors (Lipinski definition) is 5. The molecule has 31 heavy (non-hydrogen) atoms. The first-order chi connectivity index (χ1) is 15.1. The average Bonchev–Trinajstić information content (AvgIpc) is 3.19. The number of carbonyl (C=O) groups excluding carboxylic acids is 1. The molecule has 1 aliphatic heterocycles. The van der Waals surface area contributed by atoms with Gasteiger partial charge in [-0.1, -0.05) is 42.5 Å². The summed E-state index contributed by atoms with van der Waals surface area (Å²) in [6.45, 7) is 5.91. The Balaban J connectivity index is 1.55. The Morgan fingerprint density at radius 1 is 1.06 bits per heavy atom. The standard InChI is InChI=1S/C25H28N2O4/c1-18-21(17-27-11-13-30-14-12-27)16-23(31-18)25(28)26-24(19-7-4-3-5-8-19)20-9-6-10-22(15-20)29-2/h3-10,15-16,24H,11-14,17H2,1-2H3,(H,26,28). The van der Waals surface area contributed by atoms with E-state index in [0.717, 1.165) is 61.0 Å². The van der Waals surface area contributed by atoms with Crippen LogP contribution in [0.4, 0.5) is 0 Å². The first-order valence-electron chi connectivity index (χ1n) is 10.5. The first-order valence-corrected chi connectivity index (χ1v) is 10.5. The predicted molar refractivity (Wildman–Crippen MR) is 118 cm³/mol. The normalized spacial score (nSPS) is 15.4. The van der Waals surface area contributed by atoms with Gasteiger partial charge in [0.1, 0.15) is 11.5 Å². The van der Waals surface area contributed by atoms with Gasteiger partial charge in [-0.2, -0.15) is 0 Å². The third-order valence-corrected chi connectivity index (χ3v) is 5.58. The van der Waals surface area contributed by atoms with E-state index < -0.39 is 0 Å². The van der Waals surface area contributed by atoms with Crippen molar-refractivity contribution in [2.24, 2.45) is 0 Å². The summed E-state index contributed by atoms with van der Waals surface area (Å²) in [6.07, 6.45) is 0. The summed E-state index contributed by atoms with van der Waals surface area (Å²) in [5.74, 6) is 1.60. The number of aryl methyl sites for hydroxylation is 1. The van der Waals surface area contributed by atoms with E-state index in [1.54, 1.807) is 7.11 Å². The van der Waals surface area contributed by atoms with Crippen molar-refractivity contribution in [3.05, 3.63) is 88.9 Å². The van der Waals surface area contributed by atoms with Crippen LogP contribution in [0.15, 0.2) is 65.1 Å². The molecule has 2 aromatic carbocycles. The Bertz CT molecular complexity index is 1010. The lowest BCUT2D eigenvalue weighted by Gasteiger charge is -2.26. The monoisotopic (exact) mass is 420 g/mol. The summed E-state index contributed by atoms with van der Waals surface area (Å²) < 4.78 is 16.6. The molecule has 6 heteroatoms. The number of rotatable bonds is 7. The SMILES string of the molecule is COc1cccc(C(NC(=O)c2cc(CN3CCOCC3)c(C)o2)c2ccccc2)c1. The quantitative estimate of drug-likeness (QED) is 0.627. The van der Waals surface area contributed by atoms with E-state index in [1.165, 1.54) is 0 Å². The second kappa shape index (κ2) is 9.81. The van der Waals surface area contributed by atoms with Crippen molar-refractivity contribution < 1.29 is 18.7 Å². The van der Waals surface area contributed by atoms with Crippen LogP contribution in [0, 0.1) is 6.92 Å². The highest BCUT2D eigenvalue weighted by Gasteiger charge is 2.22. The van der Waals surface area contributed by atoms with Gasteiger partial charge in [-0.05, 0) is 36.2 Å². The molecule has 1 unspecified atom stereocenters.